The van der Waals surface area contributed by atoms with Gasteiger partial charge in [-0.15, -0.1) is 0 Å². The summed E-state index contributed by atoms with van der Waals surface area (Å²) in [6.45, 7) is 11.4. The van der Waals surface area contributed by atoms with Crippen LogP contribution < -0.4 is 9.47 Å². The number of likely N-dealkylation sites (tertiary alicyclic amines) is 2. The summed E-state index contributed by atoms with van der Waals surface area (Å²) < 4.78 is 11.4. The van der Waals surface area contributed by atoms with Crippen molar-refractivity contribution in [3.05, 3.63) is 22.7 Å². The smallest absolute Gasteiger partial charge is 0.230 e. The maximum Gasteiger partial charge on any atom is 0.230 e. The second kappa shape index (κ2) is 8.70. The fraction of sp³-hybridized carbons (Fsp3) is 0.667. The quantitative estimate of drug-likeness (QED) is 0.669. The summed E-state index contributed by atoms with van der Waals surface area (Å²) >= 11 is 6.52. The van der Waals surface area contributed by atoms with Crippen molar-refractivity contribution in [1.29, 1.82) is 0 Å². The third-order valence-electron chi connectivity index (χ3n) is 5.63. The number of nitrogens with zero attached hydrogens (tertiary/aromatic N) is 2. The summed E-state index contributed by atoms with van der Waals surface area (Å²) in [4.78, 5) is 17.3. The second-order valence-corrected chi connectivity index (χ2v) is 7.95. The van der Waals surface area contributed by atoms with E-state index in [1.165, 1.54) is 0 Å². The number of ether oxygens (including phenoxy) is 2. The third-order valence-corrected chi connectivity index (χ3v) is 5.99. The number of benzene rings is 1. The van der Waals surface area contributed by atoms with E-state index in [4.69, 9.17) is 21.1 Å². The third kappa shape index (κ3) is 4.19. The van der Waals surface area contributed by atoms with Gasteiger partial charge in [0.25, 0.3) is 0 Å². The van der Waals surface area contributed by atoms with Gasteiger partial charge in [0.1, 0.15) is 0 Å². The van der Waals surface area contributed by atoms with Gasteiger partial charge in [0.2, 0.25) is 5.91 Å². The van der Waals surface area contributed by atoms with Crippen LogP contribution in [0.3, 0.4) is 0 Å². The van der Waals surface area contributed by atoms with Crippen LogP contribution in [-0.2, 0) is 11.3 Å². The molecule has 0 N–H and O–H groups in total. The molecule has 3 rings (SSSR count). The highest BCUT2D eigenvalue weighted by Gasteiger charge is 2.50. The Labute approximate surface area is 167 Å². The number of hydrogen-bond acceptors (Lipinski definition) is 4. The van der Waals surface area contributed by atoms with Crippen molar-refractivity contribution in [3.8, 4) is 11.5 Å². The lowest BCUT2D eigenvalue weighted by molar-refractivity contribution is -0.135. The number of hydrogen-bond donors (Lipinski definition) is 0. The van der Waals surface area contributed by atoms with Gasteiger partial charge >= 0.3 is 0 Å². The molecule has 2 aliphatic rings. The van der Waals surface area contributed by atoms with Crippen molar-refractivity contribution >= 4 is 17.5 Å². The Bertz CT molecular complexity index is 682. The molecule has 0 aliphatic carbocycles. The monoisotopic (exact) mass is 394 g/mol. The molecule has 0 bridgehead atoms. The van der Waals surface area contributed by atoms with Crippen molar-refractivity contribution < 1.29 is 14.3 Å². The Morgan fingerprint density at radius 3 is 2.41 bits per heavy atom. The standard InChI is InChI=1S/C21H31ClN2O3/c1-4-9-24-11-8-21(20(24)25)7-10-23(15-21)14-16-12-18(26-5-2)19(27-6-3)13-17(16)22/h12-13H,4-11,14-15H2,1-3H3. The van der Waals surface area contributed by atoms with Crippen molar-refractivity contribution in [2.24, 2.45) is 5.41 Å². The molecule has 150 valence electrons. The lowest BCUT2D eigenvalue weighted by atomic mass is 9.85. The number of carbonyl (C=O) groups is 1. The molecule has 1 aromatic rings. The predicted octanol–water partition coefficient (Wildman–Crippen LogP) is 3.97. The second-order valence-electron chi connectivity index (χ2n) is 7.54. The van der Waals surface area contributed by atoms with Gasteiger partial charge in [-0.25, -0.2) is 0 Å². The van der Waals surface area contributed by atoms with Crippen LogP contribution in [0.15, 0.2) is 12.1 Å². The lowest BCUT2D eigenvalue weighted by Gasteiger charge is -2.24. The molecule has 6 heteroatoms. The highest BCUT2D eigenvalue weighted by molar-refractivity contribution is 6.31. The molecule has 1 aromatic carbocycles. The zero-order valence-corrected chi connectivity index (χ0v) is 17.5. The Morgan fingerprint density at radius 1 is 1.07 bits per heavy atom. The summed E-state index contributed by atoms with van der Waals surface area (Å²) in [6, 6.07) is 3.84. The highest BCUT2D eigenvalue weighted by Crippen LogP contribution is 2.42. The van der Waals surface area contributed by atoms with Gasteiger partial charge in [0.15, 0.2) is 11.5 Å². The molecular weight excluding hydrogens is 364 g/mol. The first-order valence-electron chi connectivity index (χ1n) is 10.1. The molecule has 27 heavy (non-hydrogen) atoms. The Balaban J connectivity index is 1.71. The zero-order valence-electron chi connectivity index (χ0n) is 16.7. The minimum Gasteiger partial charge on any atom is -0.490 e. The molecule has 2 saturated heterocycles. The van der Waals surface area contributed by atoms with Crippen LogP contribution in [-0.4, -0.2) is 55.1 Å². The summed E-state index contributed by atoms with van der Waals surface area (Å²) in [7, 11) is 0. The van der Waals surface area contributed by atoms with E-state index in [1.54, 1.807) is 0 Å². The van der Waals surface area contributed by atoms with Gasteiger partial charge < -0.3 is 14.4 Å². The Hall–Kier alpha value is -1.46. The maximum absolute atomic E-state index is 12.9. The van der Waals surface area contributed by atoms with Crippen molar-refractivity contribution in [2.75, 3.05) is 39.4 Å². The molecule has 0 saturated carbocycles. The first-order chi connectivity index (χ1) is 13.0. The fourth-order valence-electron chi connectivity index (χ4n) is 4.32. The molecule has 2 heterocycles. The summed E-state index contributed by atoms with van der Waals surface area (Å²) in [6.07, 6.45) is 2.94. The topological polar surface area (TPSA) is 42.0 Å². The lowest BCUT2D eigenvalue weighted by Crippen LogP contribution is -2.37. The first-order valence-corrected chi connectivity index (χ1v) is 10.5. The zero-order chi connectivity index (χ0) is 19.4. The predicted molar refractivity (Wildman–Crippen MR) is 108 cm³/mol. The molecule has 0 aromatic heterocycles. The number of halogens is 1. The Morgan fingerprint density at radius 2 is 1.74 bits per heavy atom. The van der Waals surface area contributed by atoms with Gasteiger partial charge in [-0.05, 0) is 51.3 Å². The van der Waals surface area contributed by atoms with Crippen molar-refractivity contribution in [3.63, 3.8) is 0 Å². The van der Waals surface area contributed by atoms with Gasteiger partial charge in [-0.2, -0.15) is 0 Å². The number of amides is 1. The fourth-order valence-corrected chi connectivity index (χ4v) is 4.54. The van der Waals surface area contributed by atoms with E-state index in [9.17, 15) is 4.79 Å². The molecule has 5 nitrogen and oxygen atoms in total. The van der Waals surface area contributed by atoms with Crippen molar-refractivity contribution in [1.82, 2.24) is 9.80 Å². The molecule has 1 atom stereocenters. The van der Waals surface area contributed by atoms with E-state index in [0.29, 0.717) is 29.9 Å². The average molecular weight is 395 g/mol. The van der Waals surface area contributed by atoms with Gasteiger partial charge in [-0.3, -0.25) is 9.69 Å². The normalized spacial score (nSPS) is 22.8. The van der Waals surface area contributed by atoms with E-state index in [1.807, 2.05) is 30.9 Å². The van der Waals surface area contributed by atoms with Crippen LogP contribution in [0.25, 0.3) is 0 Å². The molecule has 0 radical (unpaired) electrons. The molecular formula is C21H31ClN2O3. The van der Waals surface area contributed by atoms with E-state index in [0.717, 1.165) is 63.3 Å². The van der Waals surface area contributed by atoms with E-state index in [-0.39, 0.29) is 5.41 Å². The largest absolute Gasteiger partial charge is 0.490 e. The maximum atomic E-state index is 12.9. The van der Waals surface area contributed by atoms with E-state index >= 15 is 0 Å². The van der Waals surface area contributed by atoms with E-state index in [2.05, 4.69) is 11.8 Å². The van der Waals surface area contributed by atoms with Crippen LogP contribution >= 0.6 is 11.6 Å². The first kappa shape index (κ1) is 20.3. The van der Waals surface area contributed by atoms with Gasteiger partial charge in [-0.1, -0.05) is 18.5 Å². The van der Waals surface area contributed by atoms with Crippen LogP contribution in [0.5, 0.6) is 11.5 Å². The molecule has 1 amide bonds. The van der Waals surface area contributed by atoms with Crippen LogP contribution in [0.4, 0.5) is 0 Å². The summed E-state index contributed by atoms with van der Waals surface area (Å²) in [5.74, 6) is 1.77. The van der Waals surface area contributed by atoms with E-state index < -0.39 is 0 Å². The number of rotatable bonds is 8. The Kier molecular flexibility index (Phi) is 6.53. The van der Waals surface area contributed by atoms with Crippen LogP contribution in [0.2, 0.25) is 5.02 Å². The summed E-state index contributed by atoms with van der Waals surface area (Å²) in [5, 5.41) is 0.688. The molecule has 1 unspecified atom stereocenters. The molecule has 1 spiro atoms. The van der Waals surface area contributed by atoms with Gasteiger partial charge in [0.05, 0.1) is 18.6 Å². The average Bonchev–Trinajstić information content (AvgIpc) is 3.19. The summed E-state index contributed by atoms with van der Waals surface area (Å²) in [5.41, 5.74) is 0.840. The molecule has 2 fully saturated rings. The minimum absolute atomic E-state index is 0.185. The number of carbonyl (C=O) groups excluding carboxylic acids is 1. The highest BCUT2D eigenvalue weighted by atomic mass is 35.5. The van der Waals surface area contributed by atoms with Crippen molar-refractivity contribution in [2.45, 2.75) is 46.6 Å². The minimum atomic E-state index is -0.185. The van der Waals surface area contributed by atoms with Crippen LogP contribution in [0, 0.1) is 5.41 Å². The SMILES string of the molecule is CCCN1CCC2(CCN(Cc3cc(OCC)c(OCC)cc3Cl)C2)C1=O. The van der Waals surface area contributed by atoms with Crippen LogP contribution in [0.1, 0.15) is 45.6 Å². The van der Waals surface area contributed by atoms with Gasteiger partial charge in [0, 0.05) is 37.3 Å². The molecule has 2 aliphatic heterocycles.